The van der Waals surface area contributed by atoms with Crippen molar-refractivity contribution >= 4 is 16.1 Å². The number of hydrogen-bond donors (Lipinski definition) is 2. The summed E-state index contributed by atoms with van der Waals surface area (Å²) < 4.78 is 40.1. The van der Waals surface area contributed by atoms with Crippen LogP contribution in [0.15, 0.2) is 59.5 Å². The SMILES string of the molecule is COc1ccc(S(=O)(=O)N(CC(C)C)C[C@@H](O)[C@H](Cc2ccccc2)N(C(=O)O)[C@@H]2C[C@@H]3[C@H](N(C)C)CO[C@@H]3C2)cc1. The number of amides is 1. The van der Waals surface area contributed by atoms with Crippen molar-refractivity contribution in [1.82, 2.24) is 14.1 Å². The average Bonchev–Trinajstić information content (AvgIpc) is 3.53. The molecular formula is C31H45N3O7S. The Labute approximate surface area is 249 Å². The standard InChI is InChI=1S/C31H45N3O7S/c1-21(2)18-33(42(38,39)25-13-11-24(40-5)12-14-25)19-29(35)27(15-22-9-7-6-8-10-22)34(31(36)37)23-16-26-28(32(3)4)20-41-30(26)17-23/h6-14,21,23,26-30,35H,15-20H2,1-5H3,(H,36,37)/t23-,26-,27+,28-,29-,30-/m1/s1. The maximum absolute atomic E-state index is 13.8. The predicted octanol–water partition coefficient (Wildman–Crippen LogP) is 3.40. The molecule has 2 N–H and O–H groups in total. The van der Waals surface area contributed by atoms with Crippen molar-refractivity contribution in [3.63, 3.8) is 0 Å². The molecule has 2 aliphatic rings. The maximum atomic E-state index is 13.8. The Morgan fingerprint density at radius 2 is 1.71 bits per heavy atom. The van der Waals surface area contributed by atoms with Crippen LogP contribution in [0.1, 0.15) is 32.3 Å². The zero-order chi connectivity index (χ0) is 30.6. The predicted molar refractivity (Wildman–Crippen MR) is 160 cm³/mol. The van der Waals surface area contributed by atoms with E-state index >= 15 is 0 Å². The van der Waals surface area contributed by atoms with E-state index in [0.29, 0.717) is 25.2 Å². The van der Waals surface area contributed by atoms with Gasteiger partial charge in [0.15, 0.2) is 0 Å². The number of methoxy groups -OCH3 is 1. The third-order valence-corrected chi connectivity index (χ3v) is 10.4. The normalized spacial score (nSPS) is 23.7. The minimum absolute atomic E-state index is 0.0253. The first-order chi connectivity index (χ1) is 19.9. The minimum Gasteiger partial charge on any atom is -0.497 e. The molecule has 232 valence electrons. The number of aliphatic hydroxyl groups excluding tert-OH is 1. The lowest BCUT2D eigenvalue weighted by Crippen LogP contribution is -2.56. The molecule has 10 nitrogen and oxygen atoms in total. The van der Waals surface area contributed by atoms with Gasteiger partial charge in [-0.15, -0.1) is 0 Å². The highest BCUT2D eigenvalue weighted by Gasteiger charge is 2.50. The second kappa shape index (κ2) is 13.7. The second-order valence-electron chi connectivity index (χ2n) is 12.1. The lowest BCUT2D eigenvalue weighted by molar-refractivity contribution is 0.0123. The Kier molecular flexibility index (Phi) is 10.5. The molecule has 0 aromatic heterocycles. The van der Waals surface area contributed by atoms with E-state index in [1.54, 1.807) is 12.1 Å². The van der Waals surface area contributed by atoms with Crippen LogP contribution in [-0.2, 0) is 21.2 Å². The fourth-order valence-corrected chi connectivity index (χ4v) is 8.08. The average molecular weight is 604 g/mol. The molecule has 11 heteroatoms. The first-order valence-corrected chi connectivity index (χ1v) is 16.0. The lowest BCUT2D eigenvalue weighted by Gasteiger charge is -2.39. The fraction of sp³-hybridized carbons (Fsp3) is 0.581. The molecule has 0 spiro atoms. The number of rotatable bonds is 13. The van der Waals surface area contributed by atoms with Crippen LogP contribution < -0.4 is 4.74 Å². The van der Waals surface area contributed by atoms with Crippen LogP contribution in [-0.4, -0.2) is 110 Å². The number of sulfonamides is 1. The van der Waals surface area contributed by atoms with Crippen molar-refractivity contribution in [1.29, 1.82) is 0 Å². The number of nitrogens with zero attached hydrogens (tertiary/aromatic N) is 3. The fourth-order valence-electron chi connectivity index (χ4n) is 6.46. The number of aliphatic hydroxyl groups is 1. The van der Waals surface area contributed by atoms with Gasteiger partial charge in [0.1, 0.15) is 5.75 Å². The molecule has 0 radical (unpaired) electrons. The topological polar surface area (TPSA) is 120 Å². The van der Waals surface area contributed by atoms with Crippen LogP contribution in [0.5, 0.6) is 5.75 Å². The summed E-state index contributed by atoms with van der Waals surface area (Å²) in [6.45, 7) is 4.36. The van der Waals surface area contributed by atoms with E-state index in [1.807, 2.05) is 58.3 Å². The molecule has 4 rings (SSSR count). The Bertz CT molecular complexity index is 1270. The van der Waals surface area contributed by atoms with Crippen LogP contribution in [0.4, 0.5) is 4.79 Å². The van der Waals surface area contributed by atoms with Gasteiger partial charge in [-0.1, -0.05) is 44.2 Å². The highest BCUT2D eigenvalue weighted by Crippen LogP contribution is 2.41. The highest BCUT2D eigenvalue weighted by molar-refractivity contribution is 7.89. The molecule has 6 atom stereocenters. The van der Waals surface area contributed by atoms with E-state index in [2.05, 4.69) is 4.90 Å². The molecule has 1 aliphatic heterocycles. The van der Waals surface area contributed by atoms with E-state index in [9.17, 15) is 23.4 Å². The van der Waals surface area contributed by atoms with E-state index in [4.69, 9.17) is 9.47 Å². The van der Waals surface area contributed by atoms with E-state index in [1.165, 1.54) is 28.4 Å². The summed E-state index contributed by atoms with van der Waals surface area (Å²) in [5, 5.41) is 22.4. The quantitative estimate of drug-likeness (QED) is 0.358. The molecule has 0 unspecified atom stereocenters. The van der Waals surface area contributed by atoms with Gasteiger partial charge in [-0.25, -0.2) is 13.2 Å². The van der Waals surface area contributed by atoms with Gasteiger partial charge in [-0.05, 0) is 69.1 Å². The largest absolute Gasteiger partial charge is 0.497 e. The van der Waals surface area contributed by atoms with Gasteiger partial charge in [0.05, 0.1) is 36.9 Å². The molecule has 0 bridgehead atoms. The van der Waals surface area contributed by atoms with Gasteiger partial charge in [-0.2, -0.15) is 4.31 Å². The summed E-state index contributed by atoms with van der Waals surface area (Å²) in [7, 11) is 1.53. The monoisotopic (exact) mass is 603 g/mol. The van der Waals surface area contributed by atoms with Crippen molar-refractivity contribution in [3.05, 3.63) is 60.2 Å². The van der Waals surface area contributed by atoms with Crippen LogP contribution in [0.2, 0.25) is 0 Å². The number of ether oxygens (including phenoxy) is 2. The number of carboxylic acid groups (broad SMARTS) is 1. The second-order valence-corrected chi connectivity index (χ2v) is 14.0. The van der Waals surface area contributed by atoms with Crippen molar-refractivity contribution in [2.45, 2.75) is 68.3 Å². The summed E-state index contributed by atoms with van der Waals surface area (Å²) >= 11 is 0. The summed E-state index contributed by atoms with van der Waals surface area (Å²) in [5.74, 6) is 0.697. The van der Waals surface area contributed by atoms with Crippen LogP contribution in [0, 0.1) is 11.8 Å². The van der Waals surface area contributed by atoms with Crippen molar-refractivity contribution in [3.8, 4) is 5.75 Å². The number of benzene rings is 2. The van der Waals surface area contributed by atoms with Crippen molar-refractivity contribution in [2.75, 3.05) is 40.9 Å². The third-order valence-electron chi connectivity index (χ3n) is 8.52. The molecule has 1 saturated carbocycles. The van der Waals surface area contributed by atoms with Crippen molar-refractivity contribution in [2.24, 2.45) is 11.8 Å². The highest BCUT2D eigenvalue weighted by atomic mass is 32.2. The number of likely N-dealkylation sites (N-methyl/N-ethyl adjacent to an activating group) is 1. The van der Waals surface area contributed by atoms with Crippen LogP contribution in [0.3, 0.4) is 0 Å². The van der Waals surface area contributed by atoms with Gasteiger partial charge in [-0.3, -0.25) is 4.90 Å². The molecule has 2 aromatic rings. The first kappa shape index (κ1) is 32.2. The molecule has 1 aliphatic carbocycles. The van der Waals surface area contributed by atoms with Gasteiger partial charge < -0.3 is 24.6 Å². The summed E-state index contributed by atoms with van der Waals surface area (Å²) in [6, 6.07) is 14.5. The van der Waals surface area contributed by atoms with Gasteiger partial charge in [0, 0.05) is 31.1 Å². The summed E-state index contributed by atoms with van der Waals surface area (Å²) in [4.78, 5) is 16.5. The molecule has 42 heavy (non-hydrogen) atoms. The minimum atomic E-state index is -3.99. The maximum Gasteiger partial charge on any atom is 0.407 e. The molecule has 1 saturated heterocycles. The molecule has 1 heterocycles. The Morgan fingerprint density at radius 3 is 2.29 bits per heavy atom. The Balaban J connectivity index is 1.65. The van der Waals surface area contributed by atoms with Crippen LogP contribution in [0.25, 0.3) is 0 Å². The number of fused-ring (bicyclic) bond motifs is 1. The van der Waals surface area contributed by atoms with Crippen molar-refractivity contribution < 1.29 is 32.9 Å². The van der Waals surface area contributed by atoms with Gasteiger partial charge >= 0.3 is 6.09 Å². The first-order valence-electron chi connectivity index (χ1n) is 14.6. The Hall–Kier alpha value is -2.70. The molecular weight excluding hydrogens is 558 g/mol. The van der Waals surface area contributed by atoms with E-state index < -0.39 is 28.3 Å². The third kappa shape index (κ3) is 7.26. The van der Waals surface area contributed by atoms with E-state index in [-0.39, 0.29) is 54.4 Å². The molecule has 2 fully saturated rings. The number of carbonyl (C=O) groups is 1. The lowest BCUT2D eigenvalue weighted by atomic mass is 9.96. The zero-order valence-electron chi connectivity index (χ0n) is 25.2. The Morgan fingerprint density at radius 1 is 1.05 bits per heavy atom. The van der Waals surface area contributed by atoms with E-state index in [0.717, 1.165) is 5.56 Å². The van der Waals surface area contributed by atoms with Gasteiger partial charge in [0.2, 0.25) is 10.0 Å². The number of hydrogen-bond acceptors (Lipinski definition) is 7. The molecule has 1 amide bonds. The molecule has 2 aromatic carbocycles. The smallest absolute Gasteiger partial charge is 0.407 e. The summed E-state index contributed by atoms with van der Waals surface area (Å²) in [6.07, 6.45) is -1.05. The summed E-state index contributed by atoms with van der Waals surface area (Å²) in [5.41, 5.74) is 0.863. The van der Waals surface area contributed by atoms with Gasteiger partial charge in [0.25, 0.3) is 0 Å². The zero-order valence-corrected chi connectivity index (χ0v) is 26.0. The van der Waals surface area contributed by atoms with Crippen LogP contribution >= 0.6 is 0 Å².